The first-order chi connectivity index (χ1) is 5.27. The maximum atomic E-state index is 4.19. The lowest BCUT2D eigenvalue weighted by Gasteiger charge is -1.94. The van der Waals surface area contributed by atoms with Gasteiger partial charge in [0.25, 0.3) is 0 Å². The van der Waals surface area contributed by atoms with Gasteiger partial charge >= 0.3 is 0 Å². The number of aromatic nitrogens is 4. The van der Waals surface area contributed by atoms with Crippen LogP contribution in [0.5, 0.6) is 0 Å². The Kier molecular flexibility index (Phi) is 1.15. The van der Waals surface area contributed by atoms with E-state index in [1.165, 1.54) is 0 Å². The van der Waals surface area contributed by atoms with Crippen LogP contribution in [0.1, 0.15) is 11.5 Å². The molecule has 0 aliphatic heterocycles. The normalized spacial score (nSPS) is 10.7. The van der Waals surface area contributed by atoms with E-state index in [9.17, 15) is 0 Å². The molecule has 0 aliphatic rings. The molecule has 2 heterocycles. The molecule has 0 fully saturated rings. The van der Waals surface area contributed by atoms with E-state index in [4.69, 9.17) is 0 Å². The number of nitrogens with one attached hydrogen (secondary N) is 1. The molecule has 0 spiro atoms. The maximum Gasteiger partial charge on any atom is 0.126 e. The molecule has 11 heavy (non-hydrogen) atoms. The van der Waals surface area contributed by atoms with Crippen LogP contribution in [0.25, 0.3) is 11.0 Å². The Labute approximate surface area is 63.7 Å². The summed E-state index contributed by atoms with van der Waals surface area (Å²) in [5.74, 6) is 0.788. The smallest absolute Gasteiger partial charge is 0.126 e. The average molecular weight is 148 g/mol. The third-order valence-electron chi connectivity index (χ3n) is 1.59. The number of fused-ring (bicyclic) bond motifs is 1. The van der Waals surface area contributed by atoms with E-state index in [2.05, 4.69) is 20.2 Å². The van der Waals surface area contributed by atoms with Gasteiger partial charge in [-0.1, -0.05) is 0 Å². The van der Waals surface area contributed by atoms with Gasteiger partial charge in [0.2, 0.25) is 0 Å². The van der Waals surface area contributed by atoms with Gasteiger partial charge in [0.15, 0.2) is 0 Å². The fraction of sp³-hybridized carbons (Fsp3) is 0.286. The molecule has 0 saturated heterocycles. The zero-order chi connectivity index (χ0) is 7.84. The Morgan fingerprint density at radius 1 is 1.27 bits per heavy atom. The number of H-pyrrole nitrogens is 1. The highest BCUT2D eigenvalue weighted by Crippen LogP contribution is 2.09. The van der Waals surface area contributed by atoms with Crippen molar-refractivity contribution in [3.63, 3.8) is 0 Å². The Balaban J connectivity index is 2.91. The molecule has 0 saturated carbocycles. The van der Waals surface area contributed by atoms with Crippen molar-refractivity contribution in [2.24, 2.45) is 0 Å². The van der Waals surface area contributed by atoms with Crippen LogP contribution in [-0.2, 0) is 0 Å². The summed E-state index contributed by atoms with van der Waals surface area (Å²) < 4.78 is 0. The van der Waals surface area contributed by atoms with Gasteiger partial charge in [-0.15, -0.1) is 0 Å². The van der Waals surface area contributed by atoms with Crippen LogP contribution in [0.4, 0.5) is 0 Å². The van der Waals surface area contributed by atoms with E-state index in [0.29, 0.717) is 0 Å². The highest BCUT2D eigenvalue weighted by atomic mass is 15.1. The van der Waals surface area contributed by atoms with E-state index in [-0.39, 0.29) is 0 Å². The number of rotatable bonds is 0. The molecular formula is C7H8N4. The van der Waals surface area contributed by atoms with E-state index in [0.717, 1.165) is 22.6 Å². The van der Waals surface area contributed by atoms with Crippen LogP contribution < -0.4 is 0 Å². The monoisotopic (exact) mass is 148 g/mol. The van der Waals surface area contributed by atoms with Crippen molar-refractivity contribution in [1.82, 2.24) is 20.2 Å². The van der Waals surface area contributed by atoms with E-state index in [1.807, 2.05) is 13.8 Å². The van der Waals surface area contributed by atoms with Crippen LogP contribution in [0, 0.1) is 13.8 Å². The molecule has 0 amide bonds. The molecule has 2 rings (SSSR count). The lowest BCUT2D eigenvalue weighted by molar-refractivity contribution is 1.04. The molecule has 1 N–H and O–H groups in total. The fourth-order valence-electron chi connectivity index (χ4n) is 1.13. The molecule has 0 radical (unpaired) electrons. The highest BCUT2D eigenvalue weighted by Gasteiger charge is 2.01. The Bertz CT molecular complexity index is 390. The van der Waals surface area contributed by atoms with E-state index < -0.39 is 0 Å². The molecular weight excluding hydrogens is 140 g/mol. The van der Waals surface area contributed by atoms with Crippen molar-refractivity contribution in [3.05, 3.63) is 17.7 Å². The summed E-state index contributed by atoms with van der Waals surface area (Å²) in [7, 11) is 0. The van der Waals surface area contributed by atoms with Gasteiger partial charge in [0.05, 0.1) is 11.9 Å². The summed E-state index contributed by atoms with van der Waals surface area (Å²) in [6.07, 6.45) is 1.71. The van der Waals surface area contributed by atoms with Crippen molar-refractivity contribution in [2.45, 2.75) is 13.8 Å². The number of hydrogen-bond donors (Lipinski definition) is 1. The Hall–Kier alpha value is -1.45. The molecule has 4 heteroatoms. The molecule has 56 valence electrons. The van der Waals surface area contributed by atoms with Crippen LogP contribution in [0.3, 0.4) is 0 Å². The first-order valence-electron chi connectivity index (χ1n) is 3.41. The Morgan fingerprint density at radius 2 is 2.09 bits per heavy atom. The lowest BCUT2D eigenvalue weighted by atomic mass is 10.3. The molecule has 2 aromatic heterocycles. The largest absolute Gasteiger partial charge is 0.274 e. The van der Waals surface area contributed by atoms with Gasteiger partial charge in [-0.2, -0.15) is 5.10 Å². The summed E-state index contributed by atoms with van der Waals surface area (Å²) in [6.45, 7) is 3.81. The predicted molar refractivity (Wildman–Crippen MR) is 41.2 cm³/mol. The van der Waals surface area contributed by atoms with Crippen molar-refractivity contribution < 1.29 is 0 Å². The van der Waals surface area contributed by atoms with E-state index in [1.54, 1.807) is 6.20 Å². The number of hydrogen-bond acceptors (Lipinski definition) is 3. The van der Waals surface area contributed by atoms with Gasteiger partial charge in [-0.05, 0) is 13.8 Å². The summed E-state index contributed by atoms with van der Waals surface area (Å²) >= 11 is 0. The fourth-order valence-corrected chi connectivity index (χ4v) is 1.13. The second kappa shape index (κ2) is 2.02. The zero-order valence-electron chi connectivity index (χ0n) is 6.42. The third-order valence-corrected chi connectivity index (χ3v) is 1.59. The highest BCUT2D eigenvalue weighted by molar-refractivity contribution is 5.75. The zero-order valence-corrected chi connectivity index (χ0v) is 6.42. The summed E-state index contributed by atoms with van der Waals surface area (Å²) in [4.78, 5) is 8.38. The molecule has 0 aliphatic carbocycles. The van der Waals surface area contributed by atoms with Crippen molar-refractivity contribution >= 4 is 11.0 Å². The van der Waals surface area contributed by atoms with E-state index >= 15 is 0 Å². The van der Waals surface area contributed by atoms with Crippen LogP contribution in [-0.4, -0.2) is 20.2 Å². The van der Waals surface area contributed by atoms with Gasteiger partial charge < -0.3 is 0 Å². The predicted octanol–water partition coefficient (Wildman–Crippen LogP) is 0.970. The van der Waals surface area contributed by atoms with Crippen molar-refractivity contribution in [2.75, 3.05) is 0 Å². The lowest BCUT2D eigenvalue weighted by Crippen LogP contribution is -1.90. The van der Waals surface area contributed by atoms with Gasteiger partial charge in [-0.25, -0.2) is 9.97 Å². The first-order valence-corrected chi connectivity index (χ1v) is 3.41. The molecule has 0 bridgehead atoms. The molecule has 0 atom stereocenters. The van der Waals surface area contributed by atoms with Crippen LogP contribution in [0.15, 0.2) is 6.20 Å². The topological polar surface area (TPSA) is 54.5 Å². The van der Waals surface area contributed by atoms with Crippen LogP contribution in [0.2, 0.25) is 0 Å². The molecule has 0 aromatic carbocycles. The standard InChI is InChI=1S/C7H8N4/c1-4-7-6(3-8-11-7)10-5(2)9-4/h3H,1-2H3,(H,8,11). The minimum atomic E-state index is 0.788. The van der Waals surface area contributed by atoms with Gasteiger partial charge in [-0.3, -0.25) is 5.10 Å². The minimum absolute atomic E-state index is 0.788. The third kappa shape index (κ3) is 0.869. The summed E-state index contributed by atoms with van der Waals surface area (Å²) in [5.41, 5.74) is 2.76. The van der Waals surface area contributed by atoms with Gasteiger partial charge in [0.1, 0.15) is 16.9 Å². The SMILES string of the molecule is Cc1nc(C)c2[nH]ncc2n1. The summed E-state index contributed by atoms with van der Waals surface area (Å²) in [6, 6.07) is 0. The molecule has 0 unspecified atom stereocenters. The summed E-state index contributed by atoms with van der Waals surface area (Å²) in [5, 5.41) is 6.72. The minimum Gasteiger partial charge on any atom is -0.274 e. The quantitative estimate of drug-likeness (QED) is 0.605. The second-order valence-electron chi connectivity index (χ2n) is 2.49. The molecule has 2 aromatic rings. The van der Waals surface area contributed by atoms with Crippen molar-refractivity contribution in [1.29, 1.82) is 0 Å². The maximum absolute atomic E-state index is 4.19. The number of nitrogens with zero attached hydrogens (tertiary/aromatic N) is 3. The second-order valence-corrected chi connectivity index (χ2v) is 2.49. The Morgan fingerprint density at radius 3 is 2.91 bits per heavy atom. The average Bonchev–Trinajstić information content (AvgIpc) is 2.34. The van der Waals surface area contributed by atoms with Crippen molar-refractivity contribution in [3.8, 4) is 0 Å². The molecule has 4 nitrogen and oxygen atoms in total. The van der Waals surface area contributed by atoms with Gasteiger partial charge in [0, 0.05) is 0 Å². The first kappa shape index (κ1) is 6.27. The number of aromatic amines is 1. The van der Waals surface area contributed by atoms with Crippen LogP contribution >= 0.6 is 0 Å². The number of aryl methyl sites for hydroxylation is 2.